The summed E-state index contributed by atoms with van der Waals surface area (Å²) in [5.74, 6) is -0.281. The van der Waals surface area contributed by atoms with Crippen LogP contribution >= 0.6 is 0 Å². The van der Waals surface area contributed by atoms with Crippen LogP contribution < -0.4 is 10.4 Å². The first-order chi connectivity index (χ1) is 12.9. The molecule has 0 saturated heterocycles. The Hall–Kier alpha value is -3.08. The Morgan fingerprint density at radius 2 is 1.81 bits per heavy atom. The number of aliphatic carboxylic acids is 1. The van der Waals surface area contributed by atoms with Crippen LogP contribution in [0.2, 0.25) is 0 Å². The Morgan fingerprint density at radius 1 is 1.07 bits per heavy atom. The van der Waals surface area contributed by atoms with E-state index in [0.717, 1.165) is 27.6 Å². The highest BCUT2D eigenvalue weighted by Crippen LogP contribution is 2.30. The number of fused-ring (bicyclic) bond motifs is 1. The lowest BCUT2D eigenvalue weighted by atomic mass is 10.0. The average molecular weight is 366 g/mol. The zero-order chi connectivity index (χ0) is 19.6. The molecule has 1 N–H and O–H groups in total. The molecule has 5 heteroatoms. The first-order valence-corrected chi connectivity index (χ1v) is 8.83. The third-order valence-electron chi connectivity index (χ3n) is 4.89. The molecule has 3 rings (SSSR count). The SMILES string of the molecule is Cc1ccccc1COc1ccc2c(C)c(CCC(=O)O)c(=O)oc2c1C. The van der Waals surface area contributed by atoms with E-state index in [1.807, 2.05) is 57.2 Å². The van der Waals surface area contributed by atoms with Crippen LogP contribution in [-0.2, 0) is 17.8 Å². The Bertz CT molecular complexity index is 1060. The van der Waals surface area contributed by atoms with Crippen LogP contribution in [-0.4, -0.2) is 11.1 Å². The van der Waals surface area contributed by atoms with E-state index in [2.05, 4.69) is 0 Å². The Balaban J connectivity index is 1.95. The fourth-order valence-corrected chi connectivity index (χ4v) is 3.18. The molecule has 0 unspecified atom stereocenters. The van der Waals surface area contributed by atoms with Gasteiger partial charge in [0.15, 0.2) is 0 Å². The Labute approximate surface area is 157 Å². The molecule has 0 amide bonds. The predicted molar refractivity (Wildman–Crippen MR) is 103 cm³/mol. The van der Waals surface area contributed by atoms with E-state index < -0.39 is 11.6 Å². The molecule has 3 aromatic rings. The number of hydrogen-bond acceptors (Lipinski definition) is 4. The van der Waals surface area contributed by atoms with Gasteiger partial charge in [0.2, 0.25) is 0 Å². The molecule has 1 heterocycles. The minimum Gasteiger partial charge on any atom is -0.488 e. The minimum atomic E-state index is -0.940. The van der Waals surface area contributed by atoms with Gasteiger partial charge in [-0.2, -0.15) is 0 Å². The first-order valence-electron chi connectivity index (χ1n) is 8.83. The van der Waals surface area contributed by atoms with Gasteiger partial charge in [0.1, 0.15) is 17.9 Å². The number of aryl methyl sites for hydroxylation is 3. The minimum absolute atomic E-state index is 0.103. The van der Waals surface area contributed by atoms with Gasteiger partial charge in [0.25, 0.3) is 0 Å². The summed E-state index contributed by atoms with van der Waals surface area (Å²) in [5, 5.41) is 9.68. The lowest BCUT2D eigenvalue weighted by molar-refractivity contribution is -0.136. The monoisotopic (exact) mass is 366 g/mol. The van der Waals surface area contributed by atoms with Crippen molar-refractivity contribution in [3.8, 4) is 5.75 Å². The second-order valence-corrected chi connectivity index (χ2v) is 6.67. The van der Waals surface area contributed by atoms with E-state index in [1.54, 1.807) is 0 Å². The van der Waals surface area contributed by atoms with E-state index in [1.165, 1.54) is 0 Å². The van der Waals surface area contributed by atoms with Gasteiger partial charge in [0.05, 0.1) is 0 Å². The topological polar surface area (TPSA) is 76.7 Å². The van der Waals surface area contributed by atoms with Crippen molar-refractivity contribution < 1.29 is 19.1 Å². The molecule has 2 aromatic carbocycles. The number of carbonyl (C=O) groups is 1. The number of hydrogen-bond donors (Lipinski definition) is 1. The highest BCUT2D eigenvalue weighted by Gasteiger charge is 2.16. The zero-order valence-corrected chi connectivity index (χ0v) is 15.7. The molecule has 0 radical (unpaired) electrons. The van der Waals surface area contributed by atoms with Crippen molar-refractivity contribution in [2.75, 3.05) is 0 Å². The molecule has 140 valence electrons. The van der Waals surface area contributed by atoms with Crippen molar-refractivity contribution in [3.63, 3.8) is 0 Å². The van der Waals surface area contributed by atoms with Crippen LogP contribution in [0.1, 0.15) is 34.2 Å². The molecular weight excluding hydrogens is 344 g/mol. The summed E-state index contributed by atoms with van der Waals surface area (Å²) in [6, 6.07) is 11.7. The first kappa shape index (κ1) is 18.7. The summed E-state index contributed by atoms with van der Waals surface area (Å²) < 4.78 is 11.5. The fourth-order valence-electron chi connectivity index (χ4n) is 3.18. The van der Waals surface area contributed by atoms with Gasteiger partial charge >= 0.3 is 11.6 Å². The van der Waals surface area contributed by atoms with Gasteiger partial charge in [-0.15, -0.1) is 0 Å². The highest BCUT2D eigenvalue weighted by molar-refractivity contribution is 5.85. The normalized spacial score (nSPS) is 10.9. The van der Waals surface area contributed by atoms with E-state index >= 15 is 0 Å². The number of benzene rings is 2. The van der Waals surface area contributed by atoms with Crippen molar-refractivity contribution >= 4 is 16.9 Å². The van der Waals surface area contributed by atoms with Gasteiger partial charge in [-0.05, 0) is 56.0 Å². The number of carboxylic acids is 1. The van der Waals surface area contributed by atoms with E-state index in [-0.39, 0.29) is 12.8 Å². The zero-order valence-electron chi connectivity index (χ0n) is 15.7. The summed E-state index contributed by atoms with van der Waals surface area (Å²) in [4.78, 5) is 23.2. The molecule has 0 atom stereocenters. The van der Waals surface area contributed by atoms with Gasteiger partial charge in [-0.3, -0.25) is 4.79 Å². The predicted octanol–water partition coefficient (Wildman–Crippen LogP) is 4.31. The summed E-state index contributed by atoms with van der Waals surface area (Å²) in [5.41, 5.74) is 4.18. The van der Waals surface area contributed by atoms with Gasteiger partial charge in [-0.25, -0.2) is 4.79 Å². The highest BCUT2D eigenvalue weighted by atomic mass is 16.5. The molecule has 0 saturated carbocycles. The maximum Gasteiger partial charge on any atom is 0.339 e. The van der Waals surface area contributed by atoms with Crippen LogP contribution in [0.15, 0.2) is 45.6 Å². The molecule has 5 nitrogen and oxygen atoms in total. The van der Waals surface area contributed by atoms with Crippen LogP contribution in [0.5, 0.6) is 5.75 Å². The maximum absolute atomic E-state index is 12.4. The van der Waals surface area contributed by atoms with Crippen molar-refractivity contribution in [3.05, 3.63) is 74.6 Å². The lowest BCUT2D eigenvalue weighted by Crippen LogP contribution is -2.12. The van der Waals surface area contributed by atoms with Gasteiger partial charge in [0, 0.05) is 22.9 Å². The molecule has 1 aromatic heterocycles. The summed E-state index contributed by atoms with van der Waals surface area (Å²) in [6.07, 6.45) is 0.0533. The van der Waals surface area contributed by atoms with E-state index in [0.29, 0.717) is 23.5 Å². The van der Waals surface area contributed by atoms with E-state index in [4.69, 9.17) is 14.3 Å². The van der Waals surface area contributed by atoms with Crippen molar-refractivity contribution in [1.82, 2.24) is 0 Å². The summed E-state index contributed by atoms with van der Waals surface area (Å²) in [6.45, 7) is 6.14. The second kappa shape index (κ2) is 7.66. The molecular formula is C22H22O5. The van der Waals surface area contributed by atoms with Crippen LogP contribution in [0.3, 0.4) is 0 Å². The lowest BCUT2D eigenvalue weighted by Gasteiger charge is -2.14. The van der Waals surface area contributed by atoms with Crippen molar-refractivity contribution in [2.45, 2.75) is 40.2 Å². The Kier molecular flexibility index (Phi) is 5.31. The van der Waals surface area contributed by atoms with Gasteiger partial charge < -0.3 is 14.3 Å². The van der Waals surface area contributed by atoms with Crippen molar-refractivity contribution in [2.24, 2.45) is 0 Å². The summed E-state index contributed by atoms with van der Waals surface area (Å²) >= 11 is 0. The quantitative estimate of drug-likeness (QED) is 0.658. The van der Waals surface area contributed by atoms with E-state index in [9.17, 15) is 9.59 Å². The smallest absolute Gasteiger partial charge is 0.339 e. The molecule has 0 aliphatic carbocycles. The number of ether oxygens (including phenoxy) is 1. The summed E-state index contributed by atoms with van der Waals surface area (Å²) in [7, 11) is 0. The Morgan fingerprint density at radius 3 is 2.52 bits per heavy atom. The molecule has 0 spiro atoms. The maximum atomic E-state index is 12.4. The molecule has 0 aliphatic heterocycles. The van der Waals surface area contributed by atoms with Crippen LogP contribution in [0.25, 0.3) is 11.0 Å². The van der Waals surface area contributed by atoms with Crippen molar-refractivity contribution in [1.29, 1.82) is 0 Å². The second-order valence-electron chi connectivity index (χ2n) is 6.67. The van der Waals surface area contributed by atoms with Crippen LogP contribution in [0.4, 0.5) is 0 Å². The third-order valence-corrected chi connectivity index (χ3v) is 4.89. The number of rotatable bonds is 6. The largest absolute Gasteiger partial charge is 0.488 e. The van der Waals surface area contributed by atoms with Crippen LogP contribution in [0, 0.1) is 20.8 Å². The molecule has 0 aliphatic rings. The molecule has 27 heavy (non-hydrogen) atoms. The fraction of sp³-hybridized carbons (Fsp3) is 0.273. The number of carboxylic acid groups (broad SMARTS) is 1. The van der Waals surface area contributed by atoms with Gasteiger partial charge in [-0.1, -0.05) is 24.3 Å². The third kappa shape index (κ3) is 3.87. The molecule has 0 fully saturated rings. The standard InChI is InChI=1S/C22H22O5/c1-13-6-4-5-7-16(13)12-26-19-10-8-17-14(2)18(9-11-20(23)24)22(25)27-21(17)15(19)3/h4-8,10H,9,11-12H2,1-3H3,(H,23,24). The average Bonchev–Trinajstić information content (AvgIpc) is 2.62. The molecule has 0 bridgehead atoms.